The number of aromatic nitrogens is 4. The van der Waals surface area contributed by atoms with E-state index in [9.17, 15) is 5.26 Å². The number of nitriles is 1. The SMILES string of the molecule is N#Cc1cc(-c2nc(-c3ccccc3)nc(-c3ccccc3)n2)ccc1-n1c2ccccc2c2cc3c(cc21)C1(c2ccccc2-c2ccccc21)c1ccc(-c2ccc4oc5ccccc5c4c2)cc1-3. The van der Waals surface area contributed by atoms with Crippen molar-refractivity contribution in [2.45, 2.75) is 5.41 Å². The van der Waals surface area contributed by atoms with Crippen molar-refractivity contribution in [1.82, 2.24) is 19.5 Å². The lowest BCUT2D eigenvalue weighted by Crippen LogP contribution is -2.25. The lowest BCUT2D eigenvalue weighted by molar-refractivity contribution is 0.669. The van der Waals surface area contributed by atoms with E-state index in [2.05, 4.69) is 150 Å². The van der Waals surface area contributed by atoms with Crippen molar-refractivity contribution in [2.75, 3.05) is 0 Å². The van der Waals surface area contributed by atoms with E-state index in [-0.39, 0.29) is 0 Å². The molecule has 0 atom stereocenters. The minimum absolute atomic E-state index is 0.497. The van der Waals surface area contributed by atoms with Crippen LogP contribution in [-0.2, 0) is 5.41 Å². The van der Waals surface area contributed by atoms with Crippen molar-refractivity contribution in [3.8, 4) is 79.3 Å². The third-order valence-corrected chi connectivity index (χ3v) is 14.9. The lowest BCUT2D eigenvalue weighted by atomic mass is 9.70. The Hall–Kier alpha value is -9.70. The topological polar surface area (TPSA) is 80.5 Å². The average molecular weight is 904 g/mol. The van der Waals surface area contributed by atoms with Crippen LogP contribution in [0.3, 0.4) is 0 Å². The predicted molar refractivity (Wildman–Crippen MR) is 284 cm³/mol. The van der Waals surface area contributed by atoms with Gasteiger partial charge in [-0.3, -0.25) is 0 Å². The number of para-hydroxylation sites is 2. The minimum Gasteiger partial charge on any atom is -0.456 e. The van der Waals surface area contributed by atoms with Crippen molar-refractivity contribution in [2.24, 2.45) is 0 Å². The molecule has 0 saturated heterocycles. The fourth-order valence-electron chi connectivity index (χ4n) is 11.8. The monoisotopic (exact) mass is 903 g/mol. The fourth-order valence-corrected chi connectivity index (χ4v) is 11.8. The van der Waals surface area contributed by atoms with Crippen LogP contribution in [0.25, 0.3) is 117 Å². The first-order chi connectivity index (χ1) is 35.1. The maximum atomic E-state index is 11.2. The number of hydrogen-bond acceptors (Lipinski definition) is 5. The molecular formula is C65H37N5O. The summed E-state index contributed by atoms with van der Waals surface area (Å²) in [4.78, 5) is 14.9. The van der Waals surface area contributed by atoms with Gasteiger partial charge in [-0.25, -0.2) is 15.0 Å². The standard InChI is InChI=1S/C65H37N5O/c66-38-44-33-43(64-68-62(39-15-3-1-4-16-39)67-63(69-64)40-17-5-2-6-18-40)28-31-57(44)70-58-25-13-9-21-47(58)51-36-50-49-34-41(42-29-32-61-52(35-42)48-22-10-14-26-60(48)71-61)27-30-55(49)65(56(50)37-59(51)70)53-23-11-7-19-45(53)46-20-8-12-24-54(46)65/h1-37H. The molecule has 3 aromatic heterocycles. The van der Waals surface area contributed by atoms with E-state index in [0.717, 1.165) is 77.2 Å². The normalized spacial score (nSPS) is 12.9. The van der Waals surface area contributed by atoms with Gasteiger partial charge in [0, 0.05) is 38.2 Å². The van der Waals surface area contributed by atoms with Crippen molar-refractivity contribution in [1.29, 1.82) is 5.26 Å². The van der Waals surface area contributed by atoms with Gasteiger partial charge in [-0.1, -0.05) is 164 Å². The molecule has 3 heterocycles. The van der Waals surface area contributed by atoms with Crippen molar-refractivity contribution in [3.05, 3.63) is 252 Å². The van der Waals surface area contributed by atoms with E-state index in [0.29, 0.717) is 23.0 Å². The van der Waals surface area contributed by atoms with Crippen molar-refractivity contribution < 1.29 is 4.42 Å². The molecule has 0 aliphatic heterocycles. The fraction of sp³-hybridized carbons (Fsp3) is 0.0154. The molecule has 0 unspecified atom stereocenters. The second kappa shape index (κ2) is 14.9. The number of hydrogen-bond donors (Lipinski definition) is 0. The van der Waals surface area contributed by atoms with Gasteiger partial charge in [0.25, 0.3) is 0 Å². The highest BCUT2D eigenvalue weighted by atomic mass is 16.3. The minimum atomic E-state index is -0.593. The van der Waals surface area contributed by atoms with Crippen molar-refractivity contribution in [3.63, 3.8) is 0 Å². The van der Waals surface area contributed by atoms with Crippen LogP contribution >= 0.6 is 0 Å². The number of fused-ring (bicyclic) bond motifs is 16. The molecule has 10 aromatic carbocycles. The first-order valence-corrected chi connectivity index (χ1v) is 23.9. The van der Waals surface area contributed by atoms with Crippen LogP contribution in [0.5, 0.6) is 0 Å². The Labute approximate surface area is 408 Å². The van der Waals surface area contributed by atoms with E-state index in [1.54, 1.807) is 0 Å². The Morgan fingerprint density at radius 3 is 1.63 bits per heavy atom. The molecule has 2 aliphatic carbocycles. The van der Waals surface area contributed by atoms with Gasteiger partial charge in [-0.2, -0.15) is 5.26 Å². The van der Waals surface area contributed by atoms with E-state index < -0.39 is 5.41 Å². The van der Waals surface area contributed by atoms with Gasteiger partial charge >= 0.3 is 0 Å². The number of nitrogens with zero attached hydrogens (tertiary/aromatic N) is 5. The van der Waals surface area contributed by atoms with Gasteiger partial charge in [-0.05, 0) is 116 Å². The predicted octanol–water partition coefficient (Wildman–Crippen LogP) is 15.8. The quantitative estimate of drug-likeness (QED) is 0.172. The van der Waals surface area contributed by atoms with Crippen LogP contribution in [0.1, 0.15) is 27.8 Å². The molecule has 6 heteroatoms. The summed E-state index contributed by atoms with van der Waals surface area (Å²) >= 11 is 0. The highest BCUT2D eigenvalue weighted by Gasteiger charge is 2.52. The molecule has 0 N–H and O–H groups in total. The zero-order valence-electron chi connectivity index (χ0n) is 38.0. The van der Waals surface area contributed by atoms with E-state index in [1.807, 2.05) is 84.9 Å². The zero-order valence-corrected chi connectivity index (χ0v) is 38.0. The highest BCUT2D eigenvalue weighted by molar-refractivity contribution is 6.13. The molecule has 13 aromatic rings. The second-order valence-electron chi connectivity index (χ2n) is 18.6. The number of benzene rings is 10. The molecule has 71 heavy (non-hydrogen) atoms. The third-order valence-electron chi connectivity index (χ3n) is 14.9. The van der Waals surface area contributed by atoms with Crippen LogP contribution in [0.2, 0.25) is 0 Å². The van der Waals surface area contributed by atoms with E-state index in [1.165, 1.54) is 44.5 Å². The first-order valence-electron chi connectivity index (χ1n) is 23.9. The maximum Gasteiger partial charge on any atom is 0.164 e. The number of furan rings is 1. The van der Waals surface area contributed by atoms with Crippen molar-refractivity contribution >= 4 is 43.7 Å². The van der Waals surface area contributed by atoms with Gasteiger partial charge in [0.2, 0.25) is 0 Å². The first kappa shape index (κ1) is 39.3. The Morgan fingerprint density at radius 1 is 0.366 bits per heavy atom. The van der Waals surface area contributed by atoms with Crippen LogP contribution in [0.4, 0.5) is 0 Å². The van der Waals surface area contributed by atoms with E-state index >= 15 is 0 Å². The molecule has 15 rings (SSSR count). The summed E-state index contributed by atoms with van der Waals surface area (Å²) in [5, 5.41) is 15.6. The molecule has 1 spiro atoms. The Balaban J connectivity index is 0.962. The zero-order chi connectivity index (χ0) is 46.8. The summed E-state index contributed by atoms with van der Waals surface area (Å²) < 4.78 is 8.54. The van der Waals surface area contributed by atoms with Gasteiger partial charge < -0.3 is 8.98 Å². The van der Waals surface area contributed by atoms with Gasteiger partial charge in [-0.15, -0.1) is 0 Å². The maximum absolute atomic E-state index is 11.2. The smallest absolute Gasteiger partial charge is 0.164 e. The summed E-state index contributed by atoms with van der Waals surface area (Å²) in [6, 6.07) is 81.7. The molecule has 2 aliphatic rings. The van der Waals surface area contributed by atoms with Crippen LogP contribution in [-0.4, -0.2) is 19.5 Å². The van der Waals surface area contributed by atoms with Gasteiger partial charge in [0.1, 0.15) is 17.2 Å². The lowest BCUT2D eigenvalue weighted by Gasteiger charge is -2.30. The van der Waals surface area contributed by atoms with Gasteiger partial charge in [0.05, 0.1) is 27.7 Å². The molecule has 0 radical (unpaired) electrons. The van der Waals surface area contributed by atoms with Gasteiger partial charge in [0.15, 0.2) is 17.5 Å². The second-order valence-corrected chi connectivity index (χ2v) is 18.6. The molecule has 0 saturated carbocycles. The average Bonchev–Trinajstić information content (AvgIpc) is 4.16. The molecule has 0 fully saturated rings. The summed E-state index contributed by atoms with van der Waals surface area (Å²) in [5.41, 5.74) is 19.2. The molecule has 0 bridgehead atoms. The molecule has 0 amide bonds. The van der Waals surface area contributed by atoms with E-state index in [4.69, 9.17) is 19.4 Å². The summed E-state index contributed by atoms with van der Waals surface area (Å²) in [6.45, 7) is 0. The molecule has 328 valence electrons. The van der Waals surface area contributed by atoms with Crippen LogP contribution < -0.4 is 0 Å². The van der Waals surface area contributed by atoms with Crippen LogP contribution in [0, 0.1) is 11.3 Å². The summed E-state index contributed by atoms with van der Waals surface area (Å²) in [6.07, 6.45) is 0. The summed E-state index contributed by atoms with van der Waals surface area (Å²) in [5.74, 6) is 1.63. The Bertz CT molecular complexity index is 4320. The molecule has 6 nitrogen and oxygen atoms in total. The molecular weight excluding hydrogens is 867 g/mol. The third kappa shape index (κ3) is 5.60. The highest BCUT2D eigenvalue weighted by Crippen LogP contribution is 2.64. The summed E-state index contributed by atoms with van der Waals surface area (Å²) in [7, 11) is 0. The number of rotatable bonds is 5. The largest absolute Gasteiger partial charge is 0.456 e. The van der Waals surface area contributed by atoms with Crippen LogP contribution in [0.15, 0.2) is 229 Å². The Kier molecular flexibility index (Phi) is 8.25. The Morgan fingerprint density at radius 2 is 0.915 bits per heavy atom.